The van der Waals surface area contributed by atoms with Crippen LogP contribution in [-0.4, -0.2) is 14.3 Å². The fraction of sp³-hybridized carbons (Fsp3) is 0.0714. The van der Waals surface area contributed by atoms with Crippen LogP contribution in [0.15, 0.2) is 46.3 Å². The Labute approximate surface area is 130 Å². The molecule has 0 aliphatic heterocycles. The van der Waals surface area contributed by atoms with Crippen LogP contribution in [0.4, 0.5) is 24.5 Å². The third-order valence-electron chi connectivity index (χ3n) is 2.67. The number of aliphatic imine (C=N–C) groups is 1. The van der Waals surface area contributed by atoms with Crippen molar-refractivity contribution in [1.82, 2.24) is 0 Å². The van der Waals surface area contributed by atoms with Gasteiger partial charge in [-0.2, -0.15) is 0 Å². The summed E-state index contributed by atoms with van der Waals surface area (Å²) in [5.74, 6) is -5.68. The third-order valence-corrected chi connectivity index (χ3v) is 4.07. The van der Waals surface area contributed by atoms with E-state index in [2.05, 4.69) is 4.99 Å². The summed E-state index contributed by atoms with van der Waals surface area (Å²) in [5.41, 5.74) is 0.167. The van der Waals surface area contributed by atoms with Gasteiger partial charge in [-0.3, -0.25) is 9.71 Å². The number of hydrogen-bond donors (Lipinski definition) is 1. The maximum Gasteiger partial charge on any atom is 0.264 e. The summed E-state index contributed by atoms with van der Waals surface area (Å²) in [6.45, 7) is 1.22. The van der Waals surface area contributed by atoms with Crippen LogP contribution < -0.4 is 9.83 Å². The average molecular weight is 343 g/mol. The molecule has 0 amide bonds. The topological polar surface area (TPSA) is 81.6 Å². The number of anilines is 1. The van der Waals surface area contributed by atoms with Crippen LogP contribution in [0.3, 0.4) is 0 Å². The van der Waals surface area contributed by atoms with Gasteiger partial charge in [0.15, 0.2) is 17.5 Å². The SMILES string of the molecule is CC([O-])=Nc1cccc(NS(=O)(=O)c2ccc(F)c(F)c2F)c1. The molecule has 0 atom stereocenters. The van der Waals surface area contributed by atoms with Crippen molar-refractivity contribution in [2.75, 3.05) is 4.72 Å². The van der Waals surface area contributed by atoms with E-state index in [1.165, 1.54) is 31.2 Å². The minimum Gasteiger partial charge on any atom is -0.862 e. The Morgan fingerprint density at radius 1 is 1.13 bits per heavy atom. The van der Waals surface area contributed by atoms with Crippen molar-refractivity contribution in [3.8, 4) is 0 Å². The number of nitrogens with zero attached hydrogens (tertiary/aromatic N) is 1. The number of benzene rings is 2. The van der Waals surface area contributed by atoms with Crippen molar-refractivity contribution in [3.05, 3.63) is 53.8 Å². The van der Waals surface area contributed by atoms with Crippen LogP contribution in [0.25, 0.3) is 0 Å². The molecule has 23 heavy (non-hydrogen) atoms. The lowest BCUT2D eigenvalue weighted by atomic mass is 10.3. The average Bonchev–Trinajstić information content (AvgIpc) is 2.43. The van der Waals surface area contributed by atoms with Crippen molar-refractivity contribution in [3.63, 3.8) is 0 Å². The molecule has 0 bridgehead atoms. The number of hydrogen-bond acceptors (Lipinski definition) is 4. The van der Waals surface area contributed by atoms with Gasteiger partial charge in [-0.05, 0) is 43.2 Å². The van der Waals surface area contributed by atoms with E-state index in [-0.39, 0.29) is 11.4 Å². The van der Waals surface area contributed by atoms with Gasteiger partial charge in [-0.25, -0.2) is 21.6 Å². The van der Waals surface area contributed by atoms with Gasteiger partial charge in [0.1, 0.15) is 4.90 Å². The van der Waals surface area contributed by atoms with Crippen LogP contribution in [0.5, 0.6) is 0 Å². The molecule has 0 aliphatic carbocycles. The number of rotatable bonds is 4. The van der Waals surface area contributed by atoms with Gasteiger partial charge in [0.2, 0.25) is 0 Å². The molecule has 122 valence electrons. The Morgan fingerprint density at radius 2 is 1.83 bits per heavy atom. The van der Waals surface area contributed by atoms with Gasteiger partial charge in [0, 0.05) is 0 Å². The fourth-order valence-corrected chi connectivity index (χ4v) is 2.87. The second-order valence-corrected chi connectivity index (χ2v) is 6.11. The molecule has 0 saturated carbocycles. The Balaban J connectivity index is 2.40. The minimum atomic E-state index is -4.49. The van der Waals surface area contributed by atoms with Crippen LogP contribution in [0.1, 0.15) is 6.92 Å². The third kappa shape index (κ3) is 3.81. The second kappa shape index (κ2) is 6.29. The van der Waals surface area contributed by atoms with Crippen molar-refractivity contribution in [2.45, 2.75) is 11.8 Å². The highest BCUT2D eigenvalue weighted by atomic mass is 32.2. The molecule has 2 aromatic rings. The van der Waals surface area contributed by atoms with Gasteiger partial charge >= 0.3 is 0 Å². The predicted molar refractivity (Wildman–Crippen MR) is 76.3 cm³/mol. The first-order valence-electron chi connectivity index (χ1n) is 6.19. The van der Waals surface area contributed by atoms with Crippen molar-refractivity contribution >= 4 is 27.3 Å². The summed E-state index contributed by atoms with van der Waals surface area (Å²) in [6, 6.07) is 6.55. The lowest BCUT2D eigenvalue weighted by Crippen LogP contribution is -2.16. The van der Waals surface area contributed by atoms with Gasteiger partial charge in [-0.1, -0.05) is 6.07 Å². The van der Waals surface area contributed by atoms with Crippen LogP contribution >= 0.6 is 0 Å². The Kier molecular flexibility index (Phi) is 4.60. The van der Waals surface area contributed by atoms with Crippen molar-refractivity contribution in [1.29, 1.82) is 0 Å². The molecule has 2 rings (SSSR count). The van der Waals surface area contributed by atoms with E-state index >= 15 is 0 Å². The number of sulfonamides is 1. The zero-order valence-electron chi connectivity index (χ0n) is 11.7. The summed E-state index contributed by atoms with van der Waals surface area (Å²) < 4.78 is 65.8. The van der Waals surface area contributed by atoms with Crippen LogP contribution in [-0.2, 0) is 10.0 Å². The molecule has 0 aromatic heterocycles. The molecule has 0 fully saturated rings. The van der Waals surface area contributed by atoms with Crippen LogP contribution in [0.2, 0.25) is 0 Å². The molecule has 0 spiro atoms. The molecule has 1 N–H and O–H groups in total. The Bertz CT molecular complexity index is 879. The fourth-order valence-electron chi connectivity index (χ4n) is 1.75. The number of nitrogens with one attached hydrogen (secondary N) is 1. The predicted octanol–water partition coefficient (Wildman–Crippen LogP) is 2.31. The van der Waals surface area contributed by atoms with Crippen molar-refractivity contribution < 1.29 is 26.7 Å². The number of halogens is 3. The van der Waals surface area contributed by atoms with E-state index in [0.717, 1.165) is 0 Å². The maximum atomic E-state index is 13.6. The minimum absolute atomic E-state index is 0.0170. The molecular weight excluding hydrogens is 333 g/mol. The molecule has 0 heterocycles. The van der Waals surface area contributed by atoms with Gasteiger partial charge in [0.25, 0.3) is 10.0 Å². The molecule has 2 aromatic carbocycles. The first-order valence-corrected chi connectivity index (χ1v) is 7.68. The smallest absolute Gasteiger partial charge is 0.264 e. The van der Waals surface area contributed by atoms with E-state index < -0.39 is 38.3 Å². The largest absolute Gasteiger partial charge is 0.862 e. The summed E-state index contributed by atoms with van der Waals surface area (Å²) >= 11 is 0. The van der Waals surface area contributed by atoms with Gasteiger partial charge < -0.3 is 5.11 Å². The highest BCUT2D eigenvalue weighted by Crippen LogP contribution is 2.24. The molecule has 9 heteroatoms. The first kappa shape index (κ1) is 16.8. The highest BCUT2D eigenvalue weighted by Gasteiger charge is 2.24. The molecular formula is C14H10F3N2O3S-. The van der Waals surface area contributed by atoms with Gasteiger partial charge in [0.05, 0.1) is 11.4 Å². The lowest BCUT2D eigenvalue weighted by Gasteiger charge is -2.10. The Morgan fingerprint density at radius 3 is 2.48 bits per heavy atom. The van der Waals surface area contributed by atoms with E-state index in [0.29, 0.717) is 12.1 Å². The summed E-state index contributed by atoms with van der Waals surface area (Å²) in [6.07, 6.45) is 0. The highest BCUT2D eigenvalue weighted by molar-refractivity contribution is 7.92. The monoisotopic (exact) mass is 343 g/mol. The lowest BCUT2D eigenvalue weighted by molar-refractivity contribution is -0.215. The maximum absolute atomic E-state index is 13.6. The van der Waals surface area contributed by atoms with Crippen molar-refractivity contribution in [2.24, 2.45) is 4.99 Å². The van der Waals surface area contributed by atoms with E-state index in [4.69, 9.17) is 0 Å². The zero-order chi connectivity index (χ0) is 17.2. The first-order chi connectivity index (χ1) is 10.7. The standard InChI is InChI=1S/C14H11F3N2O3S/c1-8(20)18-9-3-2-4-10(7-9)19-23(21,22)12-6-5-11(15)13(16)14(12)17/h2-7,19H,1H3,(H,18,20)/p-1. The van der Waals surface area contributed by atoms with E-state index in [1.807, 2.05) is 4.72 Å². The normalized spacial score (nSPS) is 12.3. The Hall–Kier alpha value is -2.55. The van der Waals surface area contributed by atoms with Gasteiger partial charge in [-0.15, -0.1) is 0 Å². The summed E-state index contributed by atoms with van der Waals surface area (Å²) in [4.78, 5) is 2.57. The molecule has 0 saturated heterocycles. The van der Waals surface area contributed by atoms with E-state index in [1.54, 1.807) is 0 Å². The molecule has 5 nitrogen and oxygen atoms in total. The molecule has 0 aliphatic rings. The molecule has 0 unspecified atom stereocenters. The second-order valence-electron chi connectivity index (χ2n) is 4.46. The van der Waals surface area contributed by atoms with E-state index in [9.17, 15) is 26.7 Å². The quantitative estimate of drug-likeness (QED) is 0.525. The summed E-state index contributed by atoms with van der Waals surface area (Å²) in [7, 11) is -4.49. The zero-order valence-corrected chi connectivity index (χ0v) is 12.5. The summed E-state index contributed by atoms with van der Waals surface area (Å²) in [5, 5.41) is 10.9. The van der Waals surface area contributed by atoms with Crippen LogP contribution in [0, 0.1) is 17.5 Å². The molecule has 0 radical (unpaired) electrons.